The summed E-state index contributed by atoms with van der Waals surface area (Å²) in [6.45, 7) is 5.91. The number of hydrogen-bond donors (Lipinski definition) is 1. The van der Waals surface area contributed by atoms with E-state index in [0.717, 1.165) is 19.5 Å². The van der Waals surface area contributed by atoms with Crippen LogP contribution in [0.5, 0.6) is 0 Å². The minimum absolute atomic E-state index is 0.344. The minimum Gasteiger partial charge on any atom is -0.393 e. The van der Waals surface area contributed by atoms with Gasteiger partial charge in [-0.25, -0.2) is 4.39 Å². The number of likely N-dealkylation sites (tertiary alicyclic amines) is 1. The summed E-state index contributed by atoms with van der Waals surface area (Å²) in [5.74, 6) is 0.668. The molecule has 0 bridgehead atoms. The molecular weight excluding hydrogens is 241 g/mol. The summed E-state index contributed by atoms with van der Waals surface area (Å²) in [5.41, 5.74) is 1.18. The lowest BCUT2D eigenvalue weighted by Crippen LogP contribution is -2.32. The smallest absolute Gasteiger partial charge is 0.147 e. The maximum absolute atomic E-state index is 13.9. The van der Waals surface area contributed by atoms with Gasteiger partial charge in [0.2, 0.25) is 0 Å². The van der Waals surface area contributed by atoms with Gasteiger partial charge < -0.3 is 5.11 Å². The maximum atomic E-state index is 13.9. The number of hydrogen-bond acceptors (Lipinski definition) is 2. The zero-order valence-corrected chi connectivity index (χ0v) is 11.9. The highest BCUT2D eigenvalue weighted by atomic mass is 19.1. The van der Waals surface area contributed by atoms with E-state index in [4.69, 9.17) is 5.11 Å². The number of aliphatic hydroxyl groups excluding tert-OH is 1. The zero-order valence-electron chi connectivity index (χ0n) is 11.9. The molecule has 1 unspecified atom stereocenters. The Morgan fingerprint density at radius 3 is 2.42 bits per heavy atom. The first-order chi connectivity index (χ1) is 9.00. The number of benzene rings is 1. The second kappa shape index (κ2) is 6.02. The molecule has 0 spiro atoms. The van der Waals surface area contributed by atoms with Gasteiger partial charge in [-0.1, -0.05) is 38.1 Å². The molecule has 1 heterocycles. The summed E-state index contributed by atoms with van der Waals surface area (Å²) >= 11 is 0. The molecule has 0 saturated carbocycles. The molecule has 1 aromatic carbocycles. The summed E-state index contributed by atoms with van der Waals surface area (Å²) in [6.07, 6.45) is 1.54. The first-order valence-corrected chi connectivity index (χ1v) is 7.11. The van der Waals surface area contributed by atoms with Gasteiger partial charge in [-0.05, 0) is 29.9 Å². The zero-order chi connectivity index (χ0) is 13.9. The van der Waals surface area contributed by atoms with E-state index >= 15 is 0 Å². The summed E-state index contributed by atoms with van der Waals surface area (Å²) in [4.78, 5) is 2.08. The van der Waals surface area contributed by atoms with Gasteiger partial charge in [0.1, 0.15) is 5.67 Å². The molecule has 1 saturated heterocycles. The third-order valence-corrected chi connectivity index (χ3v) is 3.74. The van der Waals surface area contributed by atoms with Crippen molar-refractivity contribution in [1.29, 1.82) is 0 Å². The average Bonchev–Trinajstić information content (AvgIpc) is 2.74. The fourth-order valence-electron chi connectivity index (χ4n) is 2.69. The third-order valence-electron chi connectivity index (χ3n) is 3.74. The molecule has 0 radical (unpaired) electrons. The van der Waals surface area contributed by atoms with Gasteiger partial charge >= 0.3 is 0 Å². The Kier molecular flexibility index (Phi) is 4.58. The van der Waals surface area contributed by atoms with Crippen molar-refractivity contribution in [3.05, 3.63) is 35.4 Å². The molecule has 0 amide bonds. The van der Waals surface area contributed by atoms with Gasteiger partial charge in [0, 0.05) is 19.6 Å². The quantitative estimate of drug-likeness (QED) is 0.885. The van der Waals surface area contributed by atoms with E-state index in [1.54, 1.807) is 0 Å². The molecule has 1 aliphatic heterocycles. The Hall–Kier alpha value is -0.930. The molecule has 3 heteroatoms. The van der Waals surface area contributed by atoms with Crippen molar-refractivity contribution in [3.63, 3.8) is 0 Å². The summed E-state index contributed by atoms with van der Waals surface area (Å²) in [7, 11) is 0. The molecule has 0 aliphatic carbocycles. The fraction of sp³-hybridized carbons (Fsp3) is 0.625. The predicted octanol–water partition coefficient (Wildman–Crippen LogP) is 2.79. The van der Waals surface area contributed by atoms with Gasteiger partial charge in [0.15, 0.2) is 0 Å². The lowest BCUT2D eigenvalue weighted by atomic mass is 10.0. The Balaban J connectivity index is 1.90. The SMILES string of the molecule is CC(C)Cc1ccc(CN2CCC(F)(CO)C2)cc1. The molecule has 1 atom stereocenters. The second-order valence-electron chi connectivity index (χ2n) is 6.18. The van der Waals surface area contributed by atoms with Crippen molar-refractivity contribution in [3.8, 4) is 0 Å². The van der Waals surface area contributed by atoms with Crippen LogP contribution < -0.4 is 0 Å². The second-order valence-corrected chi connectivity index (χ2v) is 6.18. The Morgan fingerprint density at radius 2 is 1.89 bits per heavy atom. The van der Waals surface area contributed by atoms with Crippen molar-refractivity contribution in [1.82, 2.24) is 4.90 Å². The molecule has 1 aliphatic rings. The lowest BCUT2D eigenvalue weighted by Gasteiger charge is -2.19. The van der Waals surface area contributed by atoms with Crippen molar-refractivity contribution >= 4 is 0 Å². The maximum Gasteiger partial charge on any atom is 0.147 e. The van der Waals surface area contributed by atoms with Gasteiger partial charge in [0.25, 0.3) is 0 Å². The summed E-state index contributed by atoms with van der Waals surface area (Å²) < 4.78 is 13.9. The van der Waals surface area contributed by atoms with Crippen LogP contribution in [-0.2, 0) is 13.0 Å². The average molecular weight is 265 g/mol. The molecular formula is C16H24FNO. The molecule has 1 aromatic rings. The van der Waals surface area contributed by atoms with Crippen LogP contribution in [0.15, 0.2) is 24.3 Å². The summed E-state index contributed by atoms with van der Waals surface area (Å²) in [5, 5.41) is 9.03. The first-order valence-electron chi connectivity index (χ1n) is 7.11. The van der Waals surface area contributed by atoms with Crippen LogP contribution in [0.1, 0.15) is 31.4 Å². The van der Waals surface area contributed by atoms with E-state index in [2.05, 4.69) is 43.0 Å². The standard InChI is InChI=1S/C16H24FNO/c1-13(2)9-14-3-5-15(6-4-14)10-18-8-7-16(17,11-18)12-19/h3-6,13,19H,7-12H2,1-2H3. The monoisotopic (exact) mass is 265 g/mol. The van der Waals surface area contributed by atoms with E-state index < -0.39 is 5.67 Å². The van der Waals surface area contributed by atoms with Gasteiger partial charge in [-0.2, -0.15) is 0 Å². The Bertz CT molecular complexity index is 404. The topological polar surface area (TPSA) is 23.5 Å². The third kappa shape index (κ3) is 4.02. The van der Waals surface area contributed by atoms with E-state index in [0.29, 0.717) is 18.9 Å². The number of alkyl halides is 1. The highest BCUT2D eigenvalue weighted by Gasteiger charge is 2.37. The van der Waals surface area contributed by atoms with Gasteiger partial charge in [-0.15, -0.1) is 0 Å². The van der Waals surface area contributed by atoms with Crippen LogP contribution >= 0.6 is 0 Å². The normalized spacial score (nSPS) is 24.3. The molecule has 1 N–H and O–H groups in total. The number of aliphatic hydroxyl groups is 1. The van der Waals surface area contributed by atoms with Crippen molar-refractivity contribution in [2.24, 2.45) is 5.92 Å². The van der Waals surface area contributed by atoms with Crippen molar-refractivity contribution < 1.29 is 9.50 Å². The first kappa shape index (κ1) is 14.5. The molecule has 19 heavy (non-hydrogen) atoms. The van der Waals surface area contributed by atoms with Gasteiger partial charge in [-0.3, -0.25) is 4.90 Å². The summed E-state index contributed by atoms with van der Waals surface area (Å²) in [6, 6.07) is 8.60. The molecule has 1 fully saturated rings. The van der Waals surface area contributed by atoms with Crippen molar-refractivity contribution in [2.45, 2.75) is 38.9 Å². The molecule has 106 valence electrons. The van der Waals surface area contributed by atoms with Crippen LogP contribution in [0.25, 0.3) is 0 Å². The van der Waals surface area contributed by atoms with Crippen LogP contribution in [0.3, 0.4) is 0 Å². The van der Waals surface area contributed by atoms with Crippen LogP contribution in [0.4, 0.5) is 4.39 Å². The molecule has 2 rings (SSSR count). The largest absolute Gasteiger partial charge is 0.393 e. The highest BCUT2D eigenvalue weighted by molar-refractivity contribution is 5.23. The van der Waals surface area contributed by atoms with E-state index in [9.17, 15) is 4.39 Å². The highest BCUT2D eigenvalue weighted by Crippen LogP contribution is 2.26. The van der Waals surface area contributed by atoms with E-state index in [1.165, 1.54) is 11.1 Å². The van der Waals surface area contributed by atoms with E-state index in [-0.39, 0.29) is 6.61 Å². The molecule has 0 aromatic heterocycles. The Morgan fingerprint density at radius 1 is 1.26 bits per heavy atom. The van der Waals surface area contributed by atoms with Crippen molar-refractivity contribution in [2.75, 3.05) is 19.7 Å². The number of halogens is 1. The van der Waals surface area contributed by atoms with Gasteiger partial charge in [0.05, 0.1) is 6.61 Å². The predicted molar refractivity (Wildman–Crippen MR) is 75.8 cm³/mol. The molecule has 2 nitrogen and oxygen atoms in total. The fourth-order valence-corrected chi connectivity index (χ4v) is 2.69. The van der Waals surface area contributed by atoms with Crippen LogP contribution in [-0.4, -0.2) is 35.4 Å². The van der Waals surface area contributed by atoms with E-state index in [1.807, 2.05) is 0 Å². The lowest BCUT2D eigenvalue weighted by molar-refractivity contribution is 0.0769. The van der Waals surface area contributed by atoms with Crippen LogP contribution in [0.2, 0.25) is 0 Å². The number of rotatable bonds is 5. The number of nitrogens with zero attached hydrogens (tertiary/aromatic N) is 1. The van der Waals surface area contributed by atoms with Crippen LogP contribution in [0, 0.1) is 5.92 Å². The minimum atomic E-state index is -1.39. The Labute approximate surface area is 115 Å².